The van der Waals surface area contributed by atoms with Crippen molar-refractivity contribution < 1.29 is 13.3 Å². The van der Waals surface area contributed by atoms with Gasteiger partial charge in [0.1, 0.15) is 0 Å². The summed E-state index contributed by atoms with van der Waals surface area (Å²) in [7, 11) is 2.68. The summed E-state index contributed by atoms with van der Waals surface area (Å²) in [4.78, 5) is 2.66. The quantitative estimate of drug-likeness (QED) is 0.429. The predicted molar refractivity (Wildman–Crippen MR) is 89.6 cm³/mol. The molecule has 1 rings (SSSR count). The van der Waals surface area contributed by atoms with E-state index in [1.54, 1.807) is 21.3 Å². The van der Waals surface area contributed by atoms with E-state index in [-0.39, 0.29) is 0 Å². The van der Waals surface area contributed by atoms with Crippen LogP contribution in [-0.2, 0) is 13.3 Å². The van der Waals surface area contributed by atoms with Gasteiger partial charge in [-0.15, -0.1) is 0 Å². The van der Waals surface area contributed by atoms with Gasteiger partial charge in [-0.25, -0.2) is 0 Å². The van der Waals surface area contributed by atoms with E-state index in [1.807, 2.05) is 0 Å². The molecule has 0 aromatic rings. The third kappa shape index (κ3) is 4.76. The van der Waals surface area contributed by atoms with Crippen LogP contribution in [0.2, 0.25) is 5.54 Å². The molecule has 0 aliphatic carbocycles. The van der Waals surface area contributed by atoms with Gasteiger partial charge in [-0.1, -0.05) is 33.1 Å². The molecule has 4 nitrogen and oxygen atoms in total. The van der Waals surface area contributed by atoms with Crippen molar-refractivity contribution >= 4 is 8.80 Å². The average Bonchev–Trinajstić information content (AvgIpc) is 2.97. The van der Waals surface area contributed by atoms with Crippen LogP contribution in [0.5, 0.6) is 0 Å². The fraction of sp³-hybridized carbons (Fsp3) is 1.00. The SMILES string of the molecule is CCCCCN1CCCC1C(CCC)[Si](OC)(OC)OC. The number of hydrogen-bond acceptors (Lipinski definition) is 4. The Hall–Kier alpha value is 0.0569. The van der Waals surface area contributed by atoms with Gasteiger partial charge in [-0.3, -0.25) is 0 Å². The molecule has 0 bridgehead atoms. The topological polar surface area (TPSA) is 30.9 Å². The van der Waals surface area contributed by atoms with Crippen molar-refractivity contribution in [2.45, 2.75) is 70.4 Å². The molecule has 0 aromatic carbocycles. The van der Waals surface area contributed by atoms with E-state index in [4.69, 9.17) is 13.3 Å². The fourth-order valence-electron chi connectivity index (χ4n) is 3.77. The molecule has 1 aliphatic heterocycles. The molecular weight excluding hydrogens is 282 g/mol. The van der Waals surface area contributed by atoms with Crippen LogP contribution in [0.4, 0.5) is 0 Å². The molecule has 2 atom stereocenters. The maximum absolute atomic E-state index is 5.81. The highest BCUT2D eigenvalue weighted by molar-refractivity contribution is 6.62. The predicted octanol–water partition coefficient (Wildman–Crippen LogP) is 3.69. The Morgan fingerprint density at radius 2 is 1.71 bits per heavy atom. The lowest BCUT2D eigenvalue weighted by molar-refractivity contribution is 0.0896. The second-order valence-electron chi connectivity index (χ2n) is 6.06. The number of hydrogen-bond donors (Lipinski definition) is 0. The third-order valence-electron chi connectivity index (χ3n) is 4.83. The van der Waals surface area contributed by atoms with Crippen LogP contribution in [0, 0.1) is 0 Å². The van der Waals surface area contributed by atoms with E-state index in [0.29, 0.717) is 11.6 Å². The molecule has 2 unspecified atom stereocenters. The Bertz CT molecular complexity index is 266. The molecule has 0 aromatic heterocycles. The molecule has 1 saturated heterocycles. The molecule has 0 spiro atoms. The molecule has 5 heteroatoms. The maximum Gasteiger partial charge on any atom is 0.505 e. The summed E-state index contributed by atoms with van der Waals surface area (Å²) in [5.41, 5.74) is 0.395. The van der Waals surface area contributed by atoms with Crippen LogP contribution in [0.15, 0.2) is 0 Å². The normalized spacial score (nSPS) is 21.9. The largest absolute Gasteiger partial charge is 0.505 e. The smallest absolute Gasteiger partial charge is 0.377 e. The van der Waals surface area contributed by atoms with E-state index < -0.39 is 8.80 Å². The lowest BCUT2D eigenvalue weighted by Crippen LogP contribution is -2.54. The van der Waals surface area contributed by atoms with E-state index in [2.05, 4.69) is 18.7 Å². The molecule has 1 fully saturated rings. The minimum Gasteiger partial charge on any atom is -0.377 e. The maximum atomic E-state index is 5.81. The molecule has 21 heavy (non-hydrogen) atoms. The van der Waals surface area contributed by atoms with Crippen molar-refractivity contribution in [3.05, 3.63) is 0 Å². The first-order chi connectivity index (χ1) is 10.2. The number of nitrogens with zero attached hydrogens (tertiary/aromatic N) is 1. The van der Waals surface area contributed by atoms with Crippen molar-refractivity contribution in [3.8, 4) is 0 Å². The van der Waals surface area contributed by atoms with Crippen molar-refractivity contribution in [1.29, 1.82) is 0 Å². The van der Waals surface area contributed by atoms with Gasteiger partial charge in [0.25, 0.3) is 0 Å². The van der Waals surface area contributed by atoms with Gasteiger partial charge in [-0.2, -0.15) is 0 Å². The van der Waals surface area contributed by atoms with Crippen LogP contribution in [0.3, 0.4) is 0 Å². The molecule has 0 N–H and O–H groups in total. The van der Waals surface area contributed by atoms with E-state index in [0.717, 1.165) is 12.8 Å². The minimum absolute atomic E-state index is 0.395. The first kappa shape index (κ1) is 19.1. The van der Waals surface area contributed by atoms with Gasteiger partial charge in [0.15, 0.2) is 0 Å². The number of likely N-dealkylation sites (tertiary alicyclic amines) is 1. The van der Waals surface area contributed by atoms with Crippen LogP contribution < -0.4 is 0 Å². The zero-order valence-electron chi connectivity index (χ0n) is 14.7. The molecule has 0 saturated carbocycles. The lowest BCUT2D eigenvalue weighted by atomic mass is 10.1. The van der Waals surface area contributed by atoms with Crippen LogP contribution in [-0.4, -0.2) is 54.2 Å². The number of rotatable bonds is 11. The Morgan fingerprint density at radius 3 is 2.24 bits per heavy atom. The minimum atomic E-state index is -2.56. The van der Waals surface area contributed by atoms with Crippen LogP contribution >= 0.6 is 0 Å². The van der Waals surface area contributed by atoms with Gasteiger partial charge in [0, 0.05) is 32.9 Å². The highest BCUT2D eigenvalue weighted by Gasteiger charge is 2.52. The van der Waals surface area contributed by atoms with Crippen molar-refractivity contribution in [2.24, 2.45) is 0 Å². The molecule has 126 valence electrons. The third-order valence-corrected chi connectivity index (χ3v) is 8.12. The summed E-state index contributed by atoms with van der Waals surface area (Å²) >= 11 is 0. The highest BCUT2D eigenvalue weighted by Crippen LogP contribution is 2.39. The summed E-state index contributed by atoms with van der Waals surface area (Å²) in [5, 5.41) is 0. The van der Waals surface area contributed by atoms with Gasteiger partial charge >= 0.3 is 8.80 Å². The summed E-state index contributed by atoms with van der Waals surface area (Å²) in [6, 6.07) is 0.563. The van der Waals surface area contributed by atoms with Gasteiger partial charge in [0.05, 0.1) is 0 Å². The van der Waals surface area contributed by atoms with Crippen LogP contribution in [0.1, 0.15) is 58.8 Å². The van der Waals surface area contributed by atoms with E-state index in [1.165, 1.54) is 45.2 Å². The lowest BCUT2D eigenvalue weighted by Gasteiger charge is -2.39. The standard InChI is InChI=1S/C16H35NO3Si/c1-6-8-9-13-17-14-10-12-15(17)16(11-7-2)21(18-3,19-4)20-5/h15-16H,6-14H2,1-5H3. The van der Waals surface area contributed by atoms with Crippen LogP contribution in [0.25, 0.3) is 0 Å². The second kappa shape index (κ2) is 9.95. The number of unbranched alkanes of at least 4 members (excludes halogenated alkanes) is 2. The van der Waals surface area contributed by atoms with Crippen molar-refractivity contribution in [3.63, 3.8) is 0 Å². The van der Waals surface area contributed by atoms with Gasteiger partial charge in [-0.05, 0) is 38.8 Å². The van der Waals surface area contributed by atoms with Crippen molar-refractivity contribution in [2.75, 3.05) is 34.4 Å². The summed E-state index contributed by atoms with van der Waals surface area (Å²) in [6.07, 6.45) is 8.71. The monoisotopic (exact) mass is 317 g/mol. The Kier molecular flexibility index (Phi) is 9.05. The summed E-state index contributed by atoms with van der Waals surface area (Å²) in [5.74, 6) is 0. The zero-order chi connectivity index (χ0) is 15.7. The fourth-order valence-corrected chi connectivity index (χ4v) is 6.67. The second-order valence-corrected chi connectivity index (χ2v) is 9.24. The molecule has 0 amide bonds. The Balaban J connectivity index is 2.81. The summed E-state index contributed by atoms with van der Waals surface area (Å²) in [6.45, 7) is 6.93. The Labute approximate surface area is 132 Å². The van der Waals surface area contributed by atoms with Gasteiger partial charge in [0.2, 0.25) is 0 Å². The average molecular weight is 318 g/mol. The Morgan fingerprint density at radius 1 is 1.05 bits per heavy atom. The summed E-state index contributed by atoms with van der Waals surface area (Å²) < 4.78 is 17.4. The first-order valence-corrected chi connectivity index (χ1v) is 10.4. The van der Waals surface area contributed by atoms with E-state index in [9.17, 15) is 0 Å². The van der Waals surface area contributed by atoms with Crippen molar-refractivity contribution in [1.82, 2.24) is 4.90 Å². The molecule has 1 aliphatic rings. The zero-order valence-corrected chi connectivity index (χ0v) is 15.7. The highest BCUT2D eigenvalue weighted by atomic mass is 28.4. The molecule has 0 radical (unpaired) electrons. The van der Waals surface area contributed by atoms with Gasteiger partial charge < -0.3 is 18.2 Å². The van der Waals surface area contributed by atoms with E-state index >= 15 is 0 Å². The molecule has 1 heterocycles. The molecular formula is C16H35NO3Si. The first-order valence-electron chi connectivity index (χ1n) is 8.58.